The zero-order valence-corrected chi connectivity index (χ0v) is 25.8. The average molecular weight is 607 g/mol. The number of benzene rings is 2. The molecule has 44 heavy (non-hydrogen) atoms. The third kappa shape index (κ3) is 8.97. The minimum Gasteiger partial charge on any atom is -0.469 e. The van der Waals surface area contributed by atoms with Crippen molar-refractivity contribution in [3.05, 3.63) is 77.9 Å². The topological polar surface area (TPSA) is 124 Å². The number of ether oxygens (including phenoxy) is 2. The normalized spacial score (nSPS) is 12.3. The summed E-state index contributed by atoms with van der Waals surface area (Å²) in [6.45, 7) is 8.55. The number of ketones is 1. The number of allylic oxidation sites excluding steroid dienone is 1. The number of amides is 1. The number of aliphatic hydroxyl groups excluding tert-OH is 1. The Morgan fingerprint density at radius 1 is 0.932 bits per heavy atom. The summed E-state index contributed by atoms with van der Waals surface area (Å²) in [6, 6.07) is 14.6. The van der Waals surface area contributed by atoms with E-state index >= 15 is 0 Å². The Kier molecular flexibility index (Phi) is 11.4. The van der Waals surface area contributed by atoms with Crippen molar-refractivity contribution >= 4 is 29.7 Å². The number of aromatic nitrogens is 1. The number of nitrogens with one attached hydrogen (secondary N) is 1. The first-order chi connectivity index (χ1) is 20.7. The van der Waals surface area contributed by atoms with E-state index in [1.807, 2.05) is 44.2 Å². The van der Waals surface area contributed by atoms with E-state index < -0.39 is 41.2 Å². The van der Waals surface area contributed by atoms with Crippen LogP contribution in [0.4, 0.5) is 4.39 Å². The molecule has 1 heterocycles. The maximum atomic E-state index is 14.0. The molecule has 0 radical (unpaired) electrons. The van der Waals surface area contributed by atoms with Gasteiger partial charge in [0.2, 0.25) is 0 Å². The summed E-state index contributed by atoms with van der Waals surface area (Å²) in [7, 11) is 1.19. The van der Waals surface area contributed by atoms with Crippen LogP contribution in [0.25, 0.3) is 28.3 Å². The molecule has 1 amide bonds. The van der Waals surface area contributed by atoms with Crippen LogP contribution in [0.2, 0.25) is 0 Å². The number of hydrogen-bond donors (Lipinski definition) is 2. The highest BCUT2D eigenvalue weighted by Gasteiger charge is 2.30. The second kappa shape index (κ2) is 14.7. The number of carbonyl (C=O) groups is 4. The lowest BCUT2D eigenvalue weighted by atomic mass is 9.94. The largest absolute Gasteiger partial charge is 0.469 e. The standard InChI is InChI=1S/C34H39FN2O7/c1-21(2)37-27(17-16-25(38)18-26(39)19-28(40)43-6)30(23-12-14-24(35)15-13-23)31(22-10-8-7-9-11-22)32(37)33(42)36-20-29(41)44-34(3,4)5/h7-17,21,26,39H,18-20H2,1-6H3,(H,36,42)/t26-/m1/s1. The van der Waals surface area contributed by atoms with Gasteiger partial charge in [0.25, 0.3) is 5.91 Å². The summed E-state index contributed by atoms with van der Waals surface area (Å²) >= 11 is 0. The first-order valence-electron chi connectivity index (χ1n) is 14.3. The van der Waals surface area contributed by atoms with Crippen molar-refractivity contribution in [2.75, 3.05) is 13.7 Å². The van der Waals surface area contributed by atoms with Crippen molar-refractivity contribution in [2.24, 2.45) is 0 Å². The SMILES string of the molecule is COC(=O)C[C@H](O)CC(=O)C=Cc1c(-c2ccc(F)cc2)c(-c2ccccc2)c(C(=O)NCC(=O)OC(C)(C)C)n1C(C)C. The smallest absolute Gasteiger partial charge is 0.325 e. The van der Waals surface area contributed by atoms with Crippen molar-refractivity contribution in [3.63, 3.8) is 0 Å². The van der Waals surface area contributed by atoms with Crippen molar-refractivity contribution in [2.45, 2.75) is 65.2 Å². The molecule has 0 aliphatic carbocycles. The molecule has 2 N–H and O–H groups in total. The molecule has 234 valence electrons. The zero-order chi connectivity index (χ0) is 32.6. The molecule has 0 saturated carbocycles. The number of aliphatic hydroxyl groups is 1. The molecule has 0 spiro atoms. The molecule has 0 aliphatic rings. The van der Waals surface area contributed by atoms with E-state index in [9.17, 15) is 28.7 Å². The van der Waals surface area contributed by atoms with Crippen LogP contribution in [0.1, 0.15) is 69.7 Å². The molecule has 3 aromatic rings. The van der Waals surface area contributed by atoms with Crippen LogP contribution >= 0.6 is 0 Å². The summed E-state index contributed by atoms with van der Waals surface area (Å²) in [6.07, 6.45) is 0.928. The molecular formula is C34H39FN2O7. The summed E-state index contributed by atoms with van der Waals surface area (Å²) < 4.78 is 25.7. The third-order valence-corrected chi connectivity index (χ3v) is 6.48. The predicted molar refractivity (Wildman–Crippen MR) is 165 cm³/mol. The number of hydrogen-bond acceptors (Lipinski definition) is 7. The van der Waals surface area contributed by atoms with E-state index in [2.05, 4.69) is 10.1 Å². The van der Waals surface area contributed by atoms with Gasteiger partial charge in [-0.25, -0.2) is 4.39 Å². The monoisotopic (exact) mass is 606 g/mol. The Bertz CT molecular complexity index is 1520. The molecule has 3 rings (SSSR count). The zero-order valence-electron chi connectivity index (χ0n) is 25.8. The lowest BCUT2D eigenvalue weighted by Gasteiger charge is -2.20. The summed E-state index contributed by atoms with van der Waals surface area (Å²) in [5.41, 5.74) is 2.32. The third-order valence-electron chi connectivity index (χ3n) is 6.48. The number of halogens is 1. The van der Waals surface area contributed by atoms with Crippen molar-refractivity contribution < 1.29 is 38.1 Å². The van der Waals surface area contributed by atoms with E-state index in [0.29, 0.717) is 27.9 Å². The molecule has 0 fully saturated rings. The minimum absolute atomic E-state index is 0.229. The molecule has 1 aromatic heterocycles. The molecule has 2 aromatic carbocycles. The molecule has 0 bridgehead atoms. The average Bonchev–Trinajstić information content (AvgIpc) is 3.30. The first-order valence-corrected chi connectivity index (χ1v) is 14.3. The second-order valence-electron chi connectivity index (χ2n) is 11.5. The van der Waals surface area contributed by atoms with Crippen molar-refractivity contribution in [1.82, 2.24) is 9.88 Å². The first kappa shape index (κ1) is 33.9. The fourth-order valence-electron chi connectivity index (χ4n) is 4.76. The number of esters is 2. The van der Waals surface area contributed by atoms with Crippen LogP contribution in [0.5, 0.6) is 0 Å². The number of methoxy groups -OCH3 is 1. The molecule has 9 nitrogen and oxygen atoms in total. The Morgan fingerprint density at radius 3 is 2.11 bits per heavy atom. The van der Waals surface area contributed by atoms with Gasteiger partial charge in [-0.3, -0.25) is 19.2 Å². The quantitative estimate of drug-likeness (QED) is 0.206. The highest BCUT2D eigenvalue weighted by atomic mass is 19.1. The van der Waals surface area contributed by atoms with Gasteiger partial charge in [0.05, 0.1) is 25.3 Å². The Hall–Kier alpha value is -4.57. The van der Waals surface area contributed by atoms with Gasteiger partial charge in [-0.15, -0.1) is 0 Å². The second-order valence-corrected chi connectivity index (χ2v) is 11.5. The maximum Gasteiger partial charge on any atom is 0.325 e. The molecule has 0 saturated heterocycles. The molecule has 1 atom stereocenters. The van der Waals surface area contributed by atoms with Crippen LogP contribution in [0, 0.1) is 5.82 Å². The minimum atomic E-state index is -1.23. The summed E-state index contributed by atoms with van der Waals surface area (Å²) in [5.74, 6) is -2.70. The van der Waals surface area contributed by atoms with Gasteiger partial charge >= 0.3 is 11.9 Å². The van der Waals surface area contributed by atoms with Gasteiger partial charge in [0.15, 0.2) is 5.78 Å². The van der Waals surface area contributed by atoms with E-state index in [0.717, 1.165) is 0 Å². The number of rotatable bonds is 12. The van der Waals surface area contributed by atoms with E-state index in [1.54, 1.807) is 43.5 Å². The van der Waals surface area contributed by atoms with E-state index in [4.69, 9.17) is 4.74 Å². The predicted octanol–water partition coefficient (Wildman–Crippen LogP) is 5.51. The Balaban J connectivity index is 2.22. The molecular weight excluding hydrogens is 567 g/mol. The van der Waals surface area contributed by atoms with Crippen molar-refractivity contribution in [1.29, 1.82) is 0 Å². The number of nitrogens with zero attached hydrogens (tertiary/aromatic N) is 1. The van der Waals surface area contributed by atoms with Crippen LogP contribution in [-0.4, -0.2) is 58.7 Å². The number of carbonyl (C=O) groups excluding carboxylic acids is 4. The fourth-order valence-corrected chi connectivity index (χ4v) is 4.76. The van der Waals surface area contributed by atoms with E-state index in [1.165, 1.54) is 25.3 Å². The van der Waals surface area contributed by atoms with E-state index in [-0.39, 0.29) is 31.1 Å². The summed E-state index contributed by atoms with van der Waals surface area (Å²) in [5, 5.41) is 12.9. The lowest BCUT2D eigenvalue weighted by Crippen LogP contribution is -2.35. The van der Waals surface area contributed by atoms with Gasteiger partial charge < -0.3 is 24.5 Å². The van der Waals surface area contributed by atoms with Gasteiger partial charge in [-0.1, -0.05) is 42.5 Å². The highest BCUT2D eigenvalue weighted by Crippen LogP contribution is 2.42. The maximum absolute atomic E-state index is 14.0. The fraction of sp³-hybridized carbons (Fsp3) is 0.353. The van der Waals surface area contributed by atoms with Gasteiger partial charge in [-0.05, 0) is 70.0 Å². The van der Waals surface area contributed by atoms with Gasteiger partial charge in [-0.2, -0.15) is 0 Å². The Morgan fingerprint density at radius 2 is 1.55 bits per heavy atom. The molecule has 0 unspecified atom stereocenters. The van der Waals surface area contributed by atoms with Gasteiger partial charge in [0, 0.05) is 23.6 Å². The molecule has 10 heteroatoms. The van der Waals surface area contributed by atoms with Crippen LogP contribution in [0.15, 0.2) is 60.7 Å². The summed E-state index contributed by atoms with van der Waals surface area (Å²) in [4.78, 5) is 50.8. The molecule has 0 aliphatic heterocycles. The van der Waals surface area contributed by atoms with Gasteiger partial charge in [0.1, 0.15) is 23.7 Å². The lowest BCUT2D eigenvalue weighted by molar-refractivity contribution is -0.153. The van der Waals surface area contributed by atoms with Crippen LogP contribution in [0.3, 0.4) is 0 Å². The Labute approximate surface area is 256 Å². The highest BCUT2D eigenvalue weighted by molar-refractivity contribution is 6.07. The van der Waals surface area contributed by atoms with Crippen molar-refractivity contribution in [3.8, 4) is 22.3 Å². The van der Waals surface area contributed by atoms with Crippen LogP contribution in [-0.2, 0) is 23.9 Å². The van der Waals surface area contributed by atoms with Crippen LogP contribution < -0.4 is 5.32 Å².